The molecule has 0 bridgehead atoms. The maximum Gasteiger partial charge on any atom is 0.0539 e. The van der Waals surface area contributed by atoms with E-state index in [2.05, 4.69) is 62.6 Å². The first-order valence-corrected chi connectivity index (χ1v) is 7.48. The minimum atomic E-state index is 0.122. The fourth-order valence-electron chi connectivity index (χ4n) is 3.60. The molecule has 0 aromatic heterocycles. The van der Waals surface area contributed by atoms with E-state index < -0.39 is 0 Å². The second-order valence-electron chi connectivity index (χ2n) is 5.88. The molecule has 2 aliphatic carbocycles. The van der Waals surface area contributed by atoms with E-state index in [1.54, 1.807) is 5.57 Å². The lowest BCUT2D eigenvalue weighted by atomic mass is 9.85. The van der Waals surface area contributed by atoms with Crippen molar-refractivity contribution in [3.05, 3.63) is 48.6 Å². The number of thioether (sulfide) groups is 1. The third kappa shape index (κ3) is 1.45. The van der Waals surface area contributed by atoms with Gasteiger partial charge in [-0.1, -0.05) is 36.5 Å². The summed E-state index contributed by atoms with van der Waals surface area (Å²) < 4.78 is 0.485. The summed E-state index contributed by atoms with van der Waals surface area (Å²) in [6.45, 7) is 8.46. The largest absolute Gasteiger partial charge is 0.323 e. The highest BCUT2D eigenvalue weighted by Crippen LogP contribution is 2.75. The minimum absolute atomic E-state index is 0.122. The van der Waals surface area contributed by atoms with Gasteiger partial charge in [-0.2, -0.15) is 0 Å². The smallest absolute Gasteiger partial charge is 0.0539 e. The predicted molar refractivity (Wildman–Crippen MR) is 80.5 cm³/mol. The summed E-state index contributed by atoms with van der Waals surface area (Å²) in [6, 6.07) is 0.157. The number of fused-ring (bicyclic) bond motifs is 3. The van der Waals surface area contributed by atoms with Gasteiger partial charge in [0.25, 0.3) is 0 Å². The molecule has 5 unspecified atom stereocenters. The summed E-state index contributed by atoms with van der Waals surface area (Å²) in [5.74, 6) is 1.37. The molecule has 1 saturated carbocycles. The lowest BCUT2D eigenvalue weighted by Crippen LogP contribution is -2.44. The molecule has 1 aliphatic heterocycles. The molecule has 3 aliphatic rings. The highest BCUT2D eigenvalue weighted by molar-refractivity contribution is 8.03. The summed E-state index contributed by atoms with van der Waals surface area (Å²) in [4.78, 5) is 0. The van der Waals surface area contributed by atoms with Crippen LogP contribution in [0.25, 0.3) is 0 Å². The Labute approximate surface area is 114 Å². The molecule has 1 nitrogen and oxygen atoms in total. The molecule has 5 atom stereocenters. The summed E-state index contributed by atoms with van der Waals surface area (Å²) in [6.07, 6.45) is 14.1. The van der Waals surface area contributed by atoms with Gasteiger partial charge in [0, 0.05) is 16.7 Å². The van der Waals surface area contributed by atoms with Gasteiger partial charge in [0.05, 0.1) is 4.75 Å². The van der Waals surface area contributed by atoms with Crippen LogP contribution in [0.15, 0.2) is 48.6 Å². The molecule has 1 saturated heterocycles. The van der Waals surface area contributed by atoms with Crippen LogP contribution in [0.4, 0.5) is 0 Å². The van der Waals surface area contributed by atoms with Gasteiger partial charge in [-0.15, -0.1) is 18.3 Å². The van der Waals surface area contributed by atoms with Gasteiger partial charge in [0.15, 0.2) is 0 Å². The Morgan fingerprint density at radius 1 is 1.50 bits per heavy atom. The van der Waals surface area contributed by atoms with E-state index in [-0.39, 0.29) is 10.8 Å². The van der Waals surface area contributed by atoms with E-state index in [4.69, 9.17) is 5.73 Å². The lowest BCUT2D eigenvalue weighted by molar-refractivity contribution is 0.613. The fourth-order valence-corrected chi connectivity index (χ4v) is 5.72. The number of hydrogen-bond donors (Lipinski definition) is 1. The first-order chi connectivity index (χ1) is 8.54. The van der Waals surface area contributed by atoms with Gasteiger partial charge in [-0.25, -0.2) is 0 Å². The number of hydrogen-bond acceptors (Lipinski definition) is 2. The van der Waals surface area contributed by atoms with E-state index in [0.717, 1.165) is 6.42 Å². The van der Waals surface area contributed by atoms with Crippen LogP contribution < -0.4 is 5.73 Å². The number of rotatable bonds is 3. The topological polar surface area (TPSA) is 26.0 Å². The Bertz CT molecular complexity index is 475. The summed E-state index contributed by atoms with van der Waals surface area (Å²) in [5.41, 5.74) is 7.84. The predicted octanol–water partition coefficient (Wildman–Crippen LogP) is 3.45. The highest BCUT2D eigenvalue weighted by Gasteiger charge is 2.72. The van der Waals surface area contributed by atoms with Crippen LogP contribution in [-0.4, -0.2) is 15.5 Å². The maximum atomic E-state index is 6.28. The van der Waals surface area contributed by atoms with Crippen LogP contribution >= 0.6 is 11.8 Å². The van der Waals surface area contributed by atoms with Crippen LogP contribution in [0.1, 0.15) is 20.3 Å². The van der Waals surface area contributed by atoms with Gasteiger partial charge in [-0.3, -0.25) is 0 Å². The van der Waals surface area contributed by atoms with Crippen LogP contribution in [0.5, 0.6) is 0 Å². The Hall–Kier alpha value is -0.730. The van der Waals surface area contributed by atoms with Crippen molar-refractivity contribution in [1.82, 2.24) is 0 Å². The first kappa shape index (κ1) is 12.3. The number of nitrogens with two attached hydrogens (primary N) is 1. The summed E-state index contributed by atoms with van der Waals surface area (Å²) >= 11 is 2.08. The van der Waals surface area contributed by atoms with Crippen molar-refractivity contribution in [2.24, 2.45) is 17.6 Å². The summed E-state index contributed by atoms with van der Waals surface area (Å²) in [5, 5.41) is 0. The van der Waals surface area contributed by atoms with Gasteiger partial charge < -0.3 is 5.73 Å². The van der Waals surface area contributed by atoms with E-state index in [0.29, 0.717) is 16.6 Å². The summed E-state index contributed by atoms with van der Waals surface area (Å²) in [7, 11) is 0. The fraction of sp³-hybridized carbons (Fsp3) is 0.500. The molecule has 0 spiro atoms. The van der Waals surface area contributed by atoms with E-state index in [1.165, 1.54) is 0 Å². The molecule has 2 N–H and O–H groups in total. The molecule has 0 radical (unpaired) electrons. The van der Waals surface area contributed by atoms with Gasteiger partial charge in [-0.05, 0) is 31.8 Å². The minimum Gasteiger partial charge on any atom is -0.323 e. The van der Waals surface area contributed by atoms with Crippen LogP contribution in [0, 0.1) is 11.8 Å². The van der Waals surface area contributed by atoms with Gasteiger partial charge in [0.2, 0.25) is 0 Å². The van der Waals surface area contributed by atoms with Crippen molar-refractivity contribution >= 4 is 11.8 Å². The lowest BCUT2D eigenvalue weighted by Gasteiger charge is -2.36. The second-order valence-corrected chi connectivity index (χ2v) is 7.81. The molecule has 96 valence electrons. The maximum absolute atomic E-state index is 6.28. The molecule has 18 heavy (non-hydrogen) atoms. The Kier molecular flexibility index (Phi) is 2.65. The van der Waals surface area contributed by atoms with Crippen molar-refractivity contribution < 1.29 is 0 Å². The van der Waals surface area contributed by atoms with Crippen molar-refractivity contribution in [2.75, 3.05) is 0 Å². The second kappa shape index (κ2) is 3.88. The SMILES string of the molecule is C=CC/C=C\C1C2C3=CC=CC(N)C3(C)SC12C. The average molecular weight is 259 g/mol. The molecular weight excluding hydrogens is 238 g/mol. The molecule has 0 amide bonds. The van der Waals surface area contributed by atoms with E-state index >= 15 is 0 Å². The highest BCUT2D eigenvalue weighted by atomic mass is 32.2. The van der Waals surface area contributed by atoms with Crippen molar-refractivity contribution in [3.8, 4) is 0 Å². The van der Waals surface area contributed by atoms with Crippen molar-refractivity contribution in [2.45, 2.75) is 35.8 Å². The zero-order valence-corrected chi connectivity index (χ0v) is 11.9. The monoisotopic (exact) mass is 259 g/mol. The Morgan fingerprint density at radius 3 is 3.00 bits per heavy atom. The molecule has 0 aromatic carbocycles. The van der Waals surface area contributed by atoms with Crippen molar-refractivity contribution in [1.29, 1.82) is 0 Å². The Balaban J connectivity index is 1.85. The standard InChI is InChI=1S/C16H21NS/c1-4-5-6-8-12-14-11-9-7-10-13(17)15(11,2)18-16(12,14)3/h4,6-10,12-14H,1,5,17H2,2-3H3/b8-6-. The van der Waals surface area contributed by atoms with E-state index in [1.807, 2.05) is 6.08 Å². The molecular formula is C16H21NS. The number of allylic oxidation sites excluding steroid dienone is 5. The normalized spacial score (nSPS) is 48.8. The molecule has 0 aromatic rings. The van der Waals surface area contributed by atoms with Crippen molar-refractivity contribution in [3.63, 3.8) is 0 Å². The van der Waals surface area contributed by atoms with Crippen LogP contribution in [-0.2, 0) is 0 Å². The molecule has 3 rings (SSSR count). The van der Waals surface area contributed by atoms with Gasteiger partial charge >= 0.3 is 0 Å². The Morgan fingerprint density at radius 2 is 2.28 bits per heavy atom. The quantitative estimate of drug-likeness (QED) is 0.786. The van der Waals surface area contributed by atoms with E-state index in [9.17, 15) is 0 Å². The zero-order chi connectivity index (χ0) is 13.0. The molecule has 2 fully saturated rings. The third-order valence-corrected chi connectivity index (χ3v) is 6.64. The molecule has 2 heteroatoms. The average Bonchev–Trinajstić information content (AvgIpc) is 2.76. The third-order valence-electron chi connectivity index (χ3n) is 4.75. The van der Waals surface area contributed by atoms with Crippen LogP contribution in [0.3, 0.4) is 0 Å². The zero-order valence-electron chi connectivity index (χ0n) is 11.1. The van der Waals surface area contributed by atoms with Gasteiger partial charge in [0.1, 0.15) is 0 Å². The molecule has 1 heterocycles. The first-order valence-electron chi connectivity index (χ1n) is 6.66. The van der Waals surface area contributed by atoms with Crippen LogP contribution in [0.2, 0.25) is 0 Å².